The number of fused-ring (bicyclic) bond motifs is 1. The second-order valence-corrected chi connectivity index (χ2v) is 6.76. The molecule has 106 valence electrons. The standard InChI is InChI=1S/C14H22N2O2S/c1-3-5-13(4-2)16-19(17,18)14-7-6-11-9-15-10-12(11)8-14/h6-8,13,15-16H,3-5,9-10H2,1-2H3. The Morgan fingerprint density at radius 1 is 1.26 bits per heavy atom. The Morgan fingerprint density at radius 3 is 2.68 bits per heavy atom. The minimum Gasteiger partial charge on any atom is -0.309 e. The summed E-state index contributed by atoms with van der Waals surface area (Å²) < 4.78 is 27.5. The summed E-state index contributed by atoms with van der Waals surface area (Å²) in [6.07, 6.45) is 2.68. The highest BCUT2D eigenvalue weighted by atomic mass is 32.2. The fourth-order valence-electron chi connectivity index (χ4n) is 2.42. The maximum absolute atomic E-state index is 12.3. The van der Waals surface area contributed by atoms with E-state index in [-0.39, 0.29) is 6.04 Å². The van der Waals surface area contributed by atoms with E-state index in [0.717, 1.165) is 37.9 Å². The summed E-state index contributed by atoms with van der Waals surface area (Å²) in [7, 11) is -3.39. The number of nitrogens with one attached hydrogen (secondary N) is 2. The Hall–Kier alpha value is -0.910. The summed E-state index contributed by atoms with van der Waals surface area (Å²) >= 11 is 0. The van der Waals surface area contributed by atoms with Crippen LogP contribution in [0.4, 0.5) is 0 Å². The van der Waals surface area contributed by atoms with Crippen LogP contribution in [0.15, 0.2) is 23.1 Å². The van der Waals surface area contributed by atoms with Gasteiger partial charge in [-0.1, -0.05) is 26.3 Å². The van der Waals surface area contributed by atoms with Gasteiger partial charge in [0, 0.05) is 19.1 Å². The van der Waals surface area contributed by atoms with E-state index >= 15 is 0 Å². The van der Waals surface area contributed by atoms with Gasteiger partial charge in [0.25, 0.3) is 0 Å². The first-order valence-electron chi connectivity index (χ1n) is 6.91. The first kappa shape index (κ1) is 14.5. The van der Waals surface area contributed by atoms with Crippen molar-refractivity contribution in [3.8, 4) is 0 Å². The van der Waals surface area contributed by atoms with E-state index in [4.69, 9.17) is 0 Å². The molecule has 1 aliphatic heterocycles. The molecule has 0 fully saturated rings. The highest BCUT2D eigenvalue weighted by Crippen LogP contribution is 2.20. The van der Waals surface area contributed by atoms with Gasteiger partial charge in [0.05, 0.1) is 4.90 Å². The number of rotatable bonds is 6. The molecule has 5 heteroatoms. The van der Waals surface area contributed by atoms with Gasteiger partial charge in [0.2, 0.25) is 10.0 Å². The zero-order valence-corrected chi connectivity index (χ0v) is 12.4. The lowest BCUT2D eigenvalue weighted by molar-refractivity contribution is 0.512. The molecule has 0 aromatic heterocycles. The van der Waals surface area contributed by atoms with E-state index in [0.29, 0.717) is 4.90 Å². The smallest absolute Gasteiger partial charge is 0.240 e. The van der Waals surface area contributed by atoms with Crippen LogP contribution < -0.4 is 10.0 Å². The number of hydrogen-bond acceptors (Lipinski definition) is 3. The van der Waals surface area contributed by atoms with Crippen molar-refractivity contribution < 1.29 is 8.42 Å². The molecule has 0 saturated carbocycles. The average molecular weight is 282 g/mol. The zero-order valence-electron chi connectivity index (χ0n) is 11.6. The Bertz CT molecular complexity index is 540. The number of sulfonamides is 1. The van der Waals surface area contributed by atoms with Crippen LogP contribution in [0.25, 0.3) is 0 Å². The second-order valence-electron chi connectivity index (χ2n) is 5.05. The van der Waals surface area contributed by atoms with Gasteiger partial charge in [-0.2, -0.15) is 0 Å². The van der Waals surface area contributed by atoms with Crippen LogP contribution in [-0.2, 0) is 23.1 Å². The normalized spacial score (nSPS) is 16.3. The summed E-state index contributed by atoms with van der Waals surface area (Å²) in [6.45, 7) is 5.66. The molecule has 1 heterocycles. The largest absolute Gasteiger partial charge is 0.309 e. The van der Waals surface area contributed by atoms with E-state index in [1.54, 1.807) is 12.1 Å². The highest BCUT2D eigenvalue weighted by Gasteiger charge is 2.20. The minimum absolute atomic E-state index is 0.0291. The zero-order chi connectivity index (χ0) is 13.9. The van der Waals surface area contributed by atoms with E-state index in [2.05, 4.69) is 17.0 Å². The number of benzene rings is 1. The van der Waals surface area contributed by atoms with Crippen molar-refractivity contribution in [2.45, 2.75) is 57.1 Å². The summed E-state index contributed by atoms with van der Waals surface area (Å²) in [4.78, 5) is 0.379. The Balaban J connectivity index is 2.19. The van der Waals surface area contributed by atoms with Crippen molar-refractivity contribution in [3.63, 3.8) is 0 Å². The minimum atomic E-state index is -3.39. The Morgan fingerprint density at radius 2 is 2.00 bits per heavy atom. The van der Waals surface area contributed by atoms with Crippen LogP contribution >= 0.6 is 0 Å². The first-order valence-corrected chi connectivity index (χ1v) is 8.40. The van der Waals surface area contributed by atoms with Crippen LogP contribution in [0.5, 0.6) is 0 Å². The van der Waals surface area contributed by atoms with E-state index in [9.17, 15) is 8.42 Å². The molecule has 4 nitrogen and oxygen atoms in total. The van der Waals surface area contributed by atoms with E-state index in [1.165, 1.54) is 5.56 Å². The summed E-state index contributed by atoms with van der Waals surface area (Å²) in [5, 5.41) is 3.22. The molecule has 1 aromatic carbocycles. The molecule has 0 amide bonds. The van der Waals surface area contributed by atoms with E-state index in [1.807, 2.05) is 13.0 Å². The summed E-state index contributed by atoms with van der Waals surface area (Å²) in [6, 6.07) is 5.43. The first-order chi connectivity index (χ1) is 9.06. The molecule has 1 atom stereocenters. The van der Waals surface area contributed by atoms with Crippen molar-refractivity contribution in [1.82, 2.24) is 10.0 Å². The number of hydrogen-bond donors (Lipinski definition) is 2. The summed E-state index contributed by atoms with van der Waals surface area (Å²) in [5.41, 5.74) is 2.28. The van der Waals surface area contributed by atoms with Gasteiger partial charge >= 0.3 is 0 Å². The van der Waals surface area contributed by atoms with Crippen LogP contribution in [0.3, 0.4) is 0 Å². The maximum Gasteiger partial charge on any atom is 0.240 e. The molecule has 0 bridgehead atoms. The quantitative estimate of drug-likeness (QED) is 0.840. The van der Waals surface area contributed by atoms with Crippen LogP contribution in [-0.4, -0.2) is 14.5 Å². The maximum atomic E-state index is 12.3. The molecule has 0 radical (unpaired) electrons. The van der Waals surface area contributed by atoms with E-state index < -0.39 is 10.0 Å². The van der Waals surface area contributed by atoms with Crippen molar-refractivity contribution in [1.29, 1.82) is 0 Å². The fraction of sp³-hybridized carbons (Fsp3) is 0.571. The second kappa shape index (κ2) is 6.03. The molecule has 1 aromatic rings. The van der Waals surface area contributed by atoms with Gasteiger partial charge in [-0.15, -0.1) is 0 Å². The molecule has 1 unspecified atom stereocenters. The third kappa shape index (κ3) is 3.35. The predicted molar refractivity (Wildman–Crippen MR) is 76.3 cm³/mol. The van der Waals surface area contributed by atoms with Gasteiger partial charge in [-0.05, 0) is 36.1 Å². The van der Waals surface area contributed by atoms with Crippen molar-refractivity contribution in [2.24, 2.45) is 0 Å². The highest BCUT2D eigenvalue weighted by molar-refractivity contribution is 7.89. The third-order valence-electron chi connectivity index (χ3n) is 3.57. The lowest BCUT2D eigenvalue weighted by Crippen LogP contribution is -2.34. The topological polar surface area (TPSA) is 58.2 Å². The van der Waals surface area contributed by atoms with Gasteiger partial charge < -0.3 is 5.32 Å². The monoisotopic (exact) mass is 282 g/mol. The Kier molecular flexibility index (Phi) is 4.60. The van der Waals surface area contributed by atoms with Gasteiger partial charge in [0.15, 0.2) is 0 Å². The van der Waals surface area contributed by atoms with Crippen molar-refractivity contribution in [3.05, 3.63) is 29.3 Å². The van der Waals surface area contributed by atoms with Crippen molar-refractivity contribution in [2.75, 3.05) is 0 Å². The molecular formula is C14H22N2O2S. The van der Waals surface area contributed by atoms with Gasteiger partial charge in [0.1, 0.15) is 0 Å². The van der Waals surface area contributed by atoms with Crippen LogP contribution in [0.1, 0.15) is 44.2 Å². The average Bonchev–Trinajstić information content (AvgIpc) is 2.85. The predicted octanol–water partition coefficient (Wildman–Crippen LogP) is 2.15. The van der Waals surface area contributed by atoms with Gasteiger partial charge in [-0.25, -0.2) is 13.1 Å². The molecule has 0 spiro atoms. The molecule has 1 aliphatic rings. The molecule has 0 aliphatic carbocycles. The van der Waals surface area contributed by atoms with Gasteiger partial charge in [-0.3, -0.25) is 0 Å². The molecule has 2 rings (SSSR count). The van der Waals surface area contributed by atoms with Crippen molar-refractivity contribution >= 4 is 10.0 Å². The molecule has 0 saturated heterocycles. The fourth-order valence-corrected chi connectivity index (χ4v) is 3.82. The SMILES string of the molecule is CCCC(CC)NS(=O)(=O)c1ccc2c(c1)CNC2. The lowest BCUT2D eigenvalue weighted by atomic mass is 10.1. The van der Waals surface area contributed by atoms with Crippen LogP contribution in [0.2, 0.25) is 0 Å². The van der Waals surface area contributed by atoms with Crippen LogP contribution in [0, 0.1) is 0 Å². The summed E-state index contributed by atoms with van der Waals surface area (Å²) in [5.74, 6) is 0. The molecular weight excluding hydrogens is 260 g/mol. The third-order valence-corrected chi connectivity index (χ3v) is 5.09. The molecule has 2 N–H and O–H groups in total. The molecule has 19 heavy (non-hydrogen) atoms. The Labute approximate surface area is 115 Å². The lowest BCUT2D eigenvalue weighted by Gasteiger charge is -2.16.